The van der Waals surface area contributed by atoms with Crippen LogP contribution in [-0.2, 0) is 0 Å². The highest BCUT2D eigenvalue weighted by atomic mass is 32.1. The fraction of sp³-hybridized carbons (Fsp3) is 0.727. The summed E-state index contributed by atoms with van der Waals surface area (Å²) in [6.45, 7) is 5.73. The van der Waals surface area contributed by atoms with E-state index in [-0.39, 0.29) is 5.91 Å². The number of nitrogens with zero attached hydrogens (tertiary/aromatic N) is 3. The van der Waals surface area contributed by atoms with Gasteiger partial charge >= 0.3 is 0 Å². The second kappa shape index (κ2) is 5.44. The molecule has 5 nitrogen and oxygen atoms in total. The minimum absolute atomic E-state index is 0.0267. The van der Waals surface area contributed by atoms with E-state index in [1.54, 1.807) is 0 Å². The standard InChI is InChI=1S/C11H18N4OS/c1-3-12-11-14-13-9(17-11)10(16)15-7-5-4-6-8(15)2/h8H,3-7H2,1-2H3,(H,12,14). The number of aromatic nitrogens is 2. The van der Waals surface area contributed by atoms with Crippen LogP contribution in [0.2, 0.25) is 0 Å². The summed E-state index contributed by atoms with van der Waals surface area (Å²) in [4.78, 5) is 14.2. The van der Waals surface area contributed by atoms with E-state index in [4.69, 9.17) is 0 Å². The molecule has 1 amide bonds. The molecule has 0 spiro atoms. The van der Waals surface area contributed by atoms with Crippen LogP contribution in [0.1, 0.15) is 42.9 Å². The van der Waals surface area contributed by atoms with E-state index in [0.29, 0.717) is 11.0 Å². The summed E-state index contributed by atoms with van der Waals surface area (Å²) >= 11 is 1.34. The molecule has 0 saturated carbocycles. The maximum Gasteiger partial charge on any atom is 0.285 e. The summed E-state index contributed by atoms with van der Waals surface area (Å²) in [6, 6.07) is 0.322. The van der Waals surface area contributed by atoms with E-state index in [1.807, 2.05) is 11.8 Å². The highest BCUT2D eigenvalue weighted by molar-refractivity contribution is 7.17. The van der Waals surface area contributed by atoms with E-state index in [1.165, 1.54) is 17.8 Å². The highest BCUT2D eigenvalue weighted by Gasteiger charge is 2.26. The zero-order valence-corrected chi connectivity index (χ0v) is 11.1. The lowest BCUT2D eigenvalue weighted by atomic mass is 10.0. The predicted octanol–water partition coefficient (Wildman–Crippen LogP) is 1.98. The maximum absolute atomic E-state index is 12.2. The topological polar surface area (TPSA) is 58.1 Å². The zero-order chi connectivity index (χ0) is 12.3. The van der Waals surface area contributed by atoms with Crippen LogP contribution >= 0.6 is 11.3 Å². The first-order valence-electron chi connectivity index (χ1n) is 6.10. The van der Waals surface area contributed by atoms with Crippen molar-refractivity contribution >= 4 is 22.4 Å². The molecular formula is C11H18N4OS. The van der Waals surface area contributed by atoms with E-state index in [9.17, 15) is 4.79 Å². The number of piperidine rings is 1. The molecule has 1 saturated heterocycles. The molecule has 17 heavy (non-hydrogen) atoms. The average Bonchev–Trinajstić information content (AvgIpc) is 2.78. The Morgan fingerprint density at radius 1 is 1.53 bits per heavy atom. The molecule has 1 aromatic heterocycles. The van der Waals surface area contributed by atoms with Crippen LogP contribution in [0.25, 0.3) is 0 Å². The molecule has 2 heterocycles. The van der Waals surface area contributed by atoms with Gasteiger partial charge in [0.1, 0.15) is 0 Å². The van der Waals surface area contributed by atoms with Gasteiger partial charge in [-0.1, -0.05) is 11.3 Å². The Balaban J connectivity index is 2.07. The molecule has 94 valence electrons. The molecule has 1 fully saturated rings. The monoisotopic (exact) mass is 254 g/mol. The number of likely N-dealkylation sites (tertiary alicyclic amines) is 1. The molecule has 1 atom stereocenters. The van der Waals surface area contributed by atoms with Crippen molar-refractivity contribution in [2.45, 2.75) is 39.2 Å². The molecule has 0 radical (unpaired) electrons. The van der Waals surface area contributed by atoms with Gasteiger partial charge in [-0.15, -0.1) is 10.2 Å². The number of nitrogens with one attached hydrogen (secondary N) is 1. The Hall–Kier alpha value is -1.17. The van der Waals surface area contributed by atoms with E-state index < -0.39 is 0 Å². The fourth-order valence-electron chi connectivity index (χ4n) is 2.05. The number of hydrogen-bond acceptors (Lipinski definition) is 5. The Kier molecular flexibility index (Phi) is 3.93. The molecule has 1 aliphatic rings. The Morgan fingerprint density at radius 3 is 3.06 bits per heavy atom. The Bertz CT molecular complexity index is 393. The van der Waals surface area contributed by atoms with Gasteiger partial charge in [-0.25, -0.2) is 0 Å². The Morgan fingerprint density at radius 2 is 2.35 bits per heavy atom. The second-order valence-corrected chi connectivity index (χ2v) is 5.26. The molecule has 6 heteroatoms. The lowest BCUT2D eigenvalue weighted by molar-refractivity contribution is 0.0634. The number of anilines is 1. The van der Waals surface area contributed by atoms with E-state index >= 15 is 0 Å². The van der Waals surface area contributed by atoms with Crippen LogP contribution in [0.4, 0.5) is 5.13 Å². The smallest absolute Gasteiger partial charge is 0.285 e. The predicted molar refractivity (Wildman–Crippen MR) is 68.4 cm³/mol. The molecule has 1 aromatic rings. The van der Waals surface area contributed by atoms with Crippen molar-refractivity contribution < 1.29 is 4.79 Å². The number of carbonyl (C=O) groups is 1. The third-order valence-electron chi connectivity index (χ3n) is 3.00. The fourth-order valence-corrected chi connectivity index (χ4v) is 2.82. The number of hydrogen-bond donors (Lipinski definition) is 1. The van der Waals surface area contributed by atoms with Crippen LogP contribution in [0.5, 0.6) is 0 Å². The van der Waals surface area contributed by atoms with Gasteiger partial charge in [0, 0.05) is 19.1 Å². The molecule has 1 aliphatic heterocycles. The summed E-state index contributed by atoms with van der Waals surface area (Å²) in [5, 5.41) is 12.2. The van der Waals surface area contributed by atoms with Gasteiger partial charge in [-0.05, 0) is 33.1 Å². The van der Waals surface area contributed by atoms with Gasteiger partial charge in [-0.3, -0.25) is 4.79 Å². The van der Waals surface area contributed by atoms with Crippen molar-refractivity contribution in [3.63, 3.8) is 0 Å². The van der Waals surface area contributed by atoms with Crippen molar-refractivity contribution in [2.75, 3.05) is 18.4 Å². The van der Waals surface area contributed by atoms with E-state index in [2.05, 4.69) is 22.4 Å². The van der Waals surface area contributed by atoms with Gasteiger partial charge in [-0.2, -0.15) is 0 Å². The van der Waals surface area contributed by atoms with Crippen LogP contribution in [0.3, 0.4) is 0 Å². The Labute approximate surface area is 105 Å². The quantitative estimate of drug-likeness (QED) is 0.896. The van der Waals surface area contributed by atoms with Crippen LogP contribution in [0.15, 0.2) is 0 Å². The second-order valence-electron chi connectivity index (χ2n) is 4.29. The minimum Gasteiger partial charge on any atom is -0.360 e. The van der Waals surface area contributed by atoms with Gasteiger partial charge in [0.15, 0.2) is 0 Å². The van der Waals surface area contributed by atoms with Crippen molar-refractivity contribution in [1.82, 2.24) is 15.1 Å². The summed E-state index contributed by atoms with van der Waals surface area (Å²) in [7, 11) is 0. The zero-order valence-electron chi connectivity index (χ0n) is 10.3. The highest BCUT2D eigenvalue weighted by Crippen LogP contribution is 2.22. The summed E-state index contributed by atoms with van der Waals surface area (Å²) in [5.41, 5.74) is 0. The first-order chi connectivity index (χ1) is 8.22. The minimum atomic E-state index is 0.0267. The molecular weight excluding hydrogens is 236 g/mol. The summed E-state index contributed by atoms with van der Waals surface area (Å²) in [6.07, 6.45) is 3.39. The molecule has 0 bridgehead atoms. The lowest BCUT2D eigenvalue weighted by Crippen LogP contribution is -2.42. The first kappa shape index (κ1) is 12.3. The van der Waals surface area contributed by atoms with Crippen LogP contribution < -0.4 is 5.32 Å². The molecule has 1 unspecified atom stereocenters. The van der Waals surface area contributed by atoms with Crippen molar-refractivity contribution in [3.8, 4) is 0 Å². The van der Waals surface area contributed by atoms with Gasteiger partial charge in [0.2, 0.25) is 10.1 Å². The number of amides is 1. The van der Waals surface area contributed by atoms with Crippen molar-refractivity contribution in [1.29, 1.82) is 0 Å². The van der Waals surface area contributed by atoms with Crippen molar-refractivity contribution in [2.24, 2.45) is 0 Å². The van der Waals surface area contributed by atoms with Gasteiger partial charge < -0.3 is 10.2 Å². The largest absolute Gasteiger partial charge is 0.360 e. The summed E-state index contributed by atoms with van der Waals surface area (Å²) in [5.74, 6) is 0.0267. The van der Waals surface area contributed by atoms with Crippen LogP contribution in [-0.4, -0.2) is 40.1 Å². The summed E-state index contributed by atoms with van der Waals surface area (Å²) < 4.78 is 0. The first-order valence-corrected chi connectivity index (χ1v) is 6.92. The van der Waals surface area contributed by atoms with Crippen molar-refractivity contribution in [3.05, 3.63) is 5.01 Å². The molecule has 0 aromatic carbocycles. The molecule has 0 aliphatic carbocycles. The van der Waals surface area contributed by atoms with E-state index in [0.717, 1.165) is 31.1 Å². The SMILES string of the molecule is CCNc1nnc(C(=O)N2CCCCC2C)s1. The average molecular weight is 254 g/mol. The van der Waals surface area contributed by atoms with Gasteiger partial charge in [0.05, 0.1) is 0 Å². The number of carbonyl (C=O) groups excluding carboxylic acids is 1. The normalized spacial score (nSPS) is 20.4. The molecule has 1 N–H and O–H groups in total. The molecule has 2 rings (SSSR count). The third kappa shape index (κ3) is 2.74. The number of rotatable bonds is 3. The van der Waals surface area contributed by atoms with Crippen LogP contribution in [0, 0.1) is 0 Å². The third-order valence-corrected chi connectivity index (χ3v) is 3.87. The van der Waals surface area contributed by atoms with Gasteiger partial charge in [0.25, 0.3) is 5.91 Å². The lowest BCUT2D eigenvalue weighted by Gasteiger charge is -2.32. The maximum atomic E-state index is 12.2.